The van der Waals surface area contributed by atoms with Gasteiger partial charge in [0.25, 0.3) is 0 Å². The normalized spacial score (nSPS) is 25.3. The van der Waals surface area contributed by atoms with Crippen LogP contribution in [0.5, 0.6) is 0 Å². The fourth-order valence-corrected chi connectivity index (χ4v) is 4.35. The number of fused-ring (bicyclic) bond motifs is 1. The van der Waals surface area contributed by atoms with Crippen molar-refractivity contribution in [3.8, 4) is 0 Å². The van der Waals surface area contributed by atoms with Crippen LogP contribution in [0.3, 0.4) is 0 Å². The summed E-state index contributed by atoms with van der Waals surface area (Å²) < 4.78 is 13.2. The van der Waals surface area contributed by atoms with E-state index in [9.17, 15) is 18.8 Å². The maximum atomic E-state index is 13.3. The van der Waals surface area contributed by atoms with Crippen LogP contribution in [0, 0.1) is 11.7 Å². The van der Waals surface area contributed by atoms with Gasteiger partial charge in [-0.05, 0) is 50.3 Å². The third kappa shape index (κ3) is 4.99. The molecule has 2 fully saturated rings. The van der Waals surface area contributed by atoms with Gasteiger partial charge in [-0.3, -0.25) is 14.4 Å². The summed E-state index contributed by atoms with van der Waals surface area (Å²) in [6.07, 6.45) is 3.41. The Balaban J connectivity index is 1.78. The van der Waals surface area contributed by atoms with Crippen molar-refractivity contribution >= 4 is 17.7 Å². The second-order valence-corrected chi connectivity index (χ2v) is 8.63. The predicted octanol–water partition coefficient (Wildman–Crippen LogP) is 2.51. The Morgan fingerprint density at radius 3 is 2.57 bits per heavy atom. The number of carbonyl (C=O) groups is 3. The first-order valence-electron chi connectivity index (χ1n) is 10.9. The van der Waals surface area contributed by atoms with Gasteiger partial charge in [-0.25, -0.2) is 4.39 Å². The van der Waals surface area contributed by atoms with E-state index in [4.69, 9.17) is 0 Å². The second kappa shape index (κ2) is 9.58. The Morgan fingerprint density at radius 2 is 1.90 bits per heavy atom. The van der Waals surface area contributed by atoms with Gasteiger partial charge in [-0.1, -0.05) is 26.0 Å². The lowest BCUT2D eigenvalue weighted by Gasteiger charge is -2.38. The molecule has 1 aromatic carbocycles. The summed E-state index contributed by atoms with van der Waals surface area (Å²) >= 11 is 0. The van der Waals surface area contributed by atoms with Crippen molar-refractivity contribution in [2.75, 3.05) is 13.1 Å². The number of carbonyl (C=O) groups excluding carboxylic acids is 3. The number of nitrogens with one attached hydrogen (secondary N) is 1. The zero-order valence-electron chi connectivity index (χ0n) is 18.1. The molecular weight excluding hydrogens is 385 g/mol. The number of nitrogens with zero attached hydrogens (tertiary/aromatic N) is 2. The Hall–Kier alpha value is -2.44. The van der Waals surface area contributed by atoms with Crippen LogP contribution in [0.1, 0.15) is 52.0 Å². The number of hydrogen-bond acceptors (Lipinski definition) is 3. The average Bonchev–Trinajstić information content (AvgIpc) is 3.09. The lowest BCUT2D eigenvalue weighted by molar-refractivity contribution is -0.143. The van der Waals surface area contributed by atoms with Gasteiger partial charge < -0.3 is 15.1 Å². The minimum atomic E-state index is -0.744. The summed E-state index contributed by atoms with van der Waals surface area (Å²) in [5, 5.41) is 2.90. The summed E-state index contributed by atoms with van der Waals surface area (Å²) in [4.78, 5) is 42.5. The number of hydrogen-bond donors (Lipinski definition) is 1. The Morgan fingerprint density at radius 1 is 1.20 bits per heavy atom. The molecule has 2 aliphatic rings. The van der Waals surface area contributed by atoms with Crippen LogP contribution in [-0.2, 0) is 20.8 Å². The van der Waals surface area contributed by atoms with Gasteiger partial charge in [0.05, 0.1) is 6.42 Å². The quantitative estimate of drug-likeness (QED) is 0.800. The number of halogens is 1. The standard InChI is InChI=1S/C23H32FN3O3/c1-4-15(2)22(29)25-20-14-26(21(28)13-17-6-8-18(24)9-7-17)12-11-19-10-5-16(3)27(19)23(20)30/h6-9,15-16,19-20H,4-5,10-14H2,1-3H3,(H,25,29)/t15-,16-,19-,20+/m1/s1. The highest BCUT2D eigenvalue weighted by molar-refractivity contribution is 5.90. The van der Waals surface area contributed by atoms with E-state index < -0.39 is 6.04 Å². The molecule has 2 aliphatic heterocycles. The molecule has 0 aliphatic carbocycles. The van der Waals surface area contributed by atoms with Crippen molar-refractivity contribution in [1.29, 1.82) is 0 Å². The maximum Gasteiger partial charge on any atom is 0.247 e. The van der Waals surface area contributed by atoms with E-state index in [0.29, 0.717) is 13.0 Å². The van der Waals surface area contributed by atoms with Crippen molar-refractivity contribution in [3.05, 3.63) is 35.6 Å². The van der Waals surface area contributed by atoms with Gasteiger partial charge in [0.15, 0.2) is 0 Å². The van der Waals surface area contributed by atoms with Gasteiger partial charge in [-0.2, -0.15) is 0 Å². The summed E-state index contributed by atoms with van der Waals surface area (Å²) in [5.74, 6) is -0.909. The zero-order chi connectivity index (χ0) is 21.8. The monoisotopic (exact) mass is 417 g/mol. The average molecular weight is 418 g/mol. The van der Waals surface area contributed by atoms with E-state index in [0.717, 1.165) is 24.8 Å². The molecule has 3 amide bonds. The predicted molar refractivity (Wildman–Crippen MR) is 112 cm³/mol. The van der Waals surface area contributed by atoms with Crippen LogP contribution >= 0.6 is 0 Å². The molecule has 1 N–H and O–H groups in total. The molecule has 4 atom stereocenters. The highest BCUT2D eigenvalue weighted by Gasteiger charge is 2.41. The first-order valence-corrected chi connectivity index (χ1v) is 10.9. The molecule has 7 heteroatoms. The molecule has 1 aromatic rings. The number of rotatable bonds is 5. The fraction of sp³-hybridized carbons (Fsp3) is 0.609. The lowest BCUT2D eigenvalue weighted by atomic mass is 10.0. The third-order valence-corrected chi connectivity index (χ3v) is 6.47. The Labute approximate surface area is 177 Å². The minimum Gasteiger partial charge on any atom is -0.342 e. The maximum absolute atomic E-state index is 13.3. The molecule has 2 saturated heterocycles. The molecule has 0 unspecified atom stereocenters. The van der Waals surface area contributed by atoms with Gasteiger partial charge in [0, 0.05) is 31.1 Å². The fourth-order valence-electron chi connectivity index (χ4n) is 4.35. The Kier molecular flexibility index (Phi) is 7.10. The number of amides is 3. The third-order valence-electron chi connectivity index (χ3n) is 6.47. The largest absolute Gasteiger partial charge is 0.342 e. The van der Waals surface area contributed by atoms with Crippen LogP contribution < -0.4 is 5.32 Å². The second-order valence-electron chi connectivity index (χ2n) is 8.63. The van der Waals surface area contributed by atoms with Crippen molar-refractivity contribution in [2.24, 2.45) is 5.92 Å². The molecule has 30 heavy (non-hydrogen) atoms. The molecule has 0 saturated carbocycles. The minimum absolute atomic E-state index is 0.0944. The molecule has 0 spiro atoms. The van der Waals surface area contributed by atoms with Crippen LogP contribution in [0.25, 0.3) is 0 Å². The van der Waals surface area contributed by atoms with E-state index in [1.807, 2.05) is 25.7 Å². The smallest absolute Gasteiger partial charge is 0.247 e. The van der Waals surface area contributed by atoms with Crippen molar-refractivity contribution in [1.82, 2.24) is 15.1 Å². The first kappa shape index (κ1) is 22.2. The summed E-state index contributed by atoms with van der Waals surface area (Å²) in [6, 6.07) is 5.38. The van der Waals surface area contributed by atoms with Crippen molar-refractivity contribution in [3.63, 3.8) is 0 Å². The molecule has 3 rings (SSSR count). The zero-order valence-corrected chi connectivity index (χ0v) is 18.1. The van der Waals surface area contributed by atoms with Crippen molar-refractivity contribution < 1.29 is 18.8 Å². The van der Waals surface area contributed by atoms with E-state index in [1.165, 1.54) is 12.1 Å². The summed E-state index contributed by atoms with van der Waals surface area (Å²) in [5.41, 5.74) is 0.728. The topological polar surface area (TPSA) is 69.7 Å². The molecule has 164 valence electrons. The SMILES string of the molecule is CC[C@@H](C)C(=O)N[C@H]1CN(C(=O)Cc2ccc(F)cc2)CC[C@H]2CC[C@@H](C)N2C1=O. The number of benzene rings is 1. The van der Waals surface area contributed by atoms with Crippen molar-refractivity contribution in [2.45, 2.75) is 71.0 Å². The van der Waals surface area contributed by atoms with Gasteiger partial charge in [-0.15, -0.1) is 0 Å². The molecule has 0 aromatic heterocycles. The molecular formula is C23H32FN3O3. The van der Waals surface area contributed by atoms with E-state index in [-0.39, 0.29) is 54.5 Å². The highest BCUT2D eigenvalue weighted by atomic mass is 19.1. The van der Waals surface area contributed by atoms with Gasteiger partial charge >= 0.3 is 0 Å². The lowest BCUT2D eigenvalue weighted by Crippen LogP contribution is -2.59. The van der Waals surface area contributed by atoms with Gasteiger partial charge in [0.1, 0.15) is 11.9 Å². The highest BCUT2D eigenvalue weighted by Crippen LogP contribution is 2.29. The molecule has 0 radical (unpaired) electrons. The summed E-state index contributed by atoms with van der Waals surface area (Å²) in [7, 11) is 0. The molecule has 2 heterocycles. The van der Waals surface area contributed by atoms with E-state index in [1.54, 1.807) is 17.0 Å². The van der Waals surface area contributed by atoms with Crippen LogP contribution in [-0.4, -0.2) is 58.7 Å². The summed E-state index contributed by atoms with van der Waals surface area (Å²) in [6.45, 7) is 6.52. The van der Waals surface area contributed by atoms with E-state index >= 15 is 0 Å². The molecule has 0 bridgehead atoms. The van der Waals surface area contributed by atoms with Gasteiger partial charge in [0.2, 0.25) is 17.7 Å². The Bertz CT molecular complexity index is 782. The van der Waals surface area contributed by atoms with E-state index in [2.05, 4.69) is 5.32 Å². The van der Waals surface area contributed by atoms with Crippen LogP contribution in [0.2, 0.25) is 0 Å². The van der Waals surface area contributed by atoms with Crippen LogP contribution in [0.4, 0.5) is 4.39 Å². The molecule has 6 nitrogen and oxygen atoms in total. The first-order chi connectivity index (χ1) is 14.3. The van der Waals surface area contributed by atoms with Crippen LogP contribution in [0.15, 0.2) is 24.3 Å².